The molecule has 0 radical (unpaired) electrons. The lowest BCUT2D eigenvalue weighted by atomic mass is 10.3. The van der Waals surface area contributed by atoms with Crippen molar-refractivity contribution in [1.82, 2.24) is 10.2 Å². The van der Waals surface area contributed by atoms with E-state index < -0.39 is 0 Å². The highest BCUT2D eigenvalue weighted by molar-refractivity contribution is 8.00. The second kappa shape index (κ2) is 7.50. The average molecular weight is 361 g/mol. The fourth-order valence-electron chi connectivity index (χ4n) is 1.91. The van der Waals surface area contributed by atoms with E-state index in [0.717, 1.165) is 4.88 Å². The molecular formula is C16H15N3O3S2. The number of thiophene rings is 1. The van der Waals surface area contributed by atoms with Crippen LogP contribution in [-0.4, -0.2) is 28.5 Å². The maximum atomic E-state index is 12.3. The van der Waals surface area contributed by atoms with Gasteiger partial charge in [0.25, 0.3) is 11.1 Å². The summed E-state index contributed by atoms with van der Waals surface area (Å²) in [4.78, 5) is 13.2. The van der Waals surface area contributed by atoms with E-state index in [2.05, 4.69) is 15.5 Å². The number of nitrogens with zero attached hydrogens (tertiary/aromatic N) is 2. The molecule has 3 rings (SSSR count). The zero-order chi connectivity index (χ0) is 16.9. The highest BCUT2D eigenvalue weighted by Crippen LogP contribution is 2.29. The van der Waals surface area contributed by atoms with Gasteiger partial charge in [-0.3, -0.25) is 4.79 Å². The summed E-state index contributed by atoms with van der Waals surface area (Å²) in [5.74, 6) is 1.00. The van der Waals surface area contributed by atoms with Gasteiger partial charge in [0.05, 0.1) is 17.2 Å². The van der Waals surface area contributed by atoms with Gasteiger partial charge in [-0.15, -0.1) is 21.5 Å². The van der Waals surface area contributed by atoms with Crippen LogP contribution in [0.15, 0.2) is 51.4 Å². The molecule has 8 heteroatoms. The summed E-state index contributed by atoms with van der Waals surface area (Å²) >= 11 is 2.74. The number of hydrogen-bond acceptors (Lipinski definition) is 7. The summed E-state index contributed by atoms with van der Waals surface area (Å²) in [5, 5.41) is 12.8. The molecule has 2 heterocycles. The minimum absolute atomic E-state index is 0.149. The van der Waals surface area contributed by atoms with E-state index >= 15 is 0 Å². The molecule has 1 unspecified atom stereocenters. The summed E-state index contributed by atoms with van der Waals surface area (Å²) in [6.45, 7) is 1.79. The predicted octanol–water partition coefficient (Wildman–Crippen LogP) is 3.93. The van der Waals surface area contributed by atoms with E-state index in [-0.39, 0.29) is 11.2 Å². The summed E-state index contributed by atoms with van der Waals surface area (Å²) < 4.78 is 10.7. The van der Waals surface area contributed by atoms with Crippen molar-refractivity contribution in [3.63, 3.8) is 0 Å². The van der Waals surface area contributed by atoms with Crippen LogP contribution in [0.1, 0.15) is 6.92 Å². The van der Waals surface area contributed by atoms with Gasteiger partial charge in [0.2, 0.25) is 5.91 Å². The lowest BCUT2D eigenvalue weighted by Gasteiger charge is -2.10. The number of aromatic nitrogens is 2. The van der Waals surface area contributed by atoms with E-state index in [4.69, 9.17) is 9.15 Å². The Labute approximate surface area is 147 Å². The van der Waals surface area contributed by atoms with Crippen molar-refractivity contribution in [3.8, 4) is 16.5 Å². The van der Waals surface area contributed by atoms with E-state index in [1.807, 2.05) is 29.6 Å². The van der Waals surface area contributed by atoms with Gasteiger partial charge in [-0.2, -0.15) is 0 Å². The zero-order valence-corrected chi connectivity index (χ0v) is 14.7. The number of rotatable bonds is 6. The zero-order valence-electron chi connectivity index (χ0n) is 13.1. The SMILES string of the molecule is COc1cccc(NC(=O)C(C)Sc2nnc(-c3cccs3)o2)c1. The van der Waals surface area contributed by atoms with Gasteiger partial charge in [-0.05, 0) is 30.5 Å². The van der Waals surface area contributed by atoms with Gasteiger partial charge in [-0.1, -0.05) is 23.9 Å². The van der Waals surface area contributed by atoms with Gasteiger partial charge in [0, 0.05) is 11.8 Å². The Bertz CT molecular complexity index is 818. The number of anilines is 1. The molecule has 124 valence electrons. The number of carbonyl (C=O) groups excluding carboxylic acids is 1. The van der Waals surface area contributed by atoms with E-state index in [9.17, 15) is 4.79 Å². The summed E-state index contributed by atoms with van der Waals surface area (Å²) in [5.41, 5.74) is 0.677. The van der Waals surface area contributed by atoms with Crippen molar-refractivity contribution in [2.75, 3.05) is 12.4 Å². The number of ether oxygens (including phenoxy) is 1. The predicted molar refractivity (Wildman–Crippen MR) is 94.6 cm³/mol. The quantitative estimate of drug-likeness (QED) is 0.671. The van der Waals surface area contributed by atoms with Crippen molar-refractivity contribution in [2.24, 2.45) is 0 Å². The first-order valence-corrected chi connectivity index (χ1v) is 8.90. The maximum absolute atomic E-state index is 12.3. The Hall–Kier alpha value is -2.32. The Morgan fingerprint density at radius 2 is 2.21 bits per heavy atom. The van der Waals surface area contributed by atoms with Crippen LogP contribution in [0, 0.1) is 0 Å². The summed E-state index contributed by atoms with van der Waals surface area (Å²) in [6.07, 6.45) is 0. The highest BCUT2D eigenvalue weighted by Gasteiger charge is 2.19. The molecular weight excluding hydrogens is 346 g/mol. The van der Waals surface area contributed by atoms with Crippen LogP contribution in [0.3, 0.4) is 0 Å². The van der Waals surface area contributed by atoms with Crippen LogP contribution >= 0.6 is 23.1 Å². The minimum atomic E-state index is -0.382. The van der Waals surface area contributed by atoms with Crippen molar-refractivity contribution in [3.05, 3.63) is 41.8 Å². The Kier molecular flexibility index (Phi) is 5.17. The molecule has 0 aliphatic carbocycles. The number of benzene rings is 1. The molecule has 0 aliphatic rings. The monoisotopic (exact) mass is 361 g/mol. The second-order valence-corrected chi connectivity index (χ2v) is 7.07. The summed E-state index contributed by atoms with van der Waals surface area (Å²) in [6, 6.07) is 11.0. The number of amides is 1. The first-order valence-electron chi connectivity index (χ1n) is 7.14. The molecule has 1 atom stereocenters. The molecule has 6 nitrogen and oxygen atoms in total. The van der Waals surface area contributed by atoms with E-state index in [1.54, 1.807) is 26.2 Å². The van der Waals surface area contributed by atoms with Crippen LogP contribution in [-0.2, 0) is 4.79 Å². The van der Waals surface area contributed by atoms with Gasteiger partial charge in [-0.25, -0.2) is 0 Å². The average Bonchev–Trinajstić information content (AvgIpc) is 3.26. The van der Waals surface area contributed by atoms with Gasteiger partial charge >= 0.3 is 0 Å². The third kappa shape index (κ3) is 3.95. The number of methoxy groups -OCH3 is 1. The lowest BCUT2D eigenvalue weighted by molar-refractivity contribution is -0.115. The van der Waals surface area contributed by atoms with Crippen LogP contribution in [0.2, 0.25) is 0 Å². The van der Waals surface area contributed by atoms with Crippen molar-refractivity contribution >= 4 is 34.7 Å². The molecule has 0 spiro atoms. The van der Waals surface area contributed by atoms with Crippen molar-refractivity contribution in [1.29, 1.82) is 0 Å². The fraction of sp³-hybridized carbons (Fsp3) is 0.188. The minimum Gasteiger partial charge on any atom is -0.497 e. The number of thioether (sulfide) groups is 1. The molecule has 1 amide bonds. The Morgan fingerprint density at radius 3 is 2.96 bits per heavy atom. The molecule has 1 aromatic carbocycles. The molecule has 0 fully saturated rings. The first-order chi connectivity index (χ1) is 11.7. The largest absolute Gasteiger partial charge is 0.497 e. The smallest absolute Gasteiger partial charge is 0.277 e. The van der Waals surface area contributed by atoms with E-state index in [0.29, 0.717) is 22.6 Å². The van der Waals surface area contributed by atoms with Crippen LogP contribution in [0.25, 0.3) is 10.8 Å². The van der Waals surface area contributed by atoms with E-state index in [1.165, 1.54) is 23.1 Å². The molecule has 2 aromatic heterocycles. The standard InChI is InChI=1S/C16H15N3O3S2/c1-10(14(20)17-11-5-3-6-12(9-11)21-2)24-16-19-18-15(22-16)13-7-4-8-23-13/h3-10H,1-2H3,(H,17,20). The second-order valence-electron chi connectivity index (χ2n) is 4.83. The Morgan fingerprint density at radius 1 is 1.33 bits per heavy atom. The van der Waals surface area contributed by atoms with Crippen molar-refractivity contribution < 1.29 is 13.9 Å². The Balaban J connectivity index is 1.61. The molecule has 24 heavy (non-hydrogen) atoms. The topological polar surface area (TPSA) is 77.2 Å². The third-order valence-electron chi connectivity index (χ3n) is 3.12. The van der Waals surface area contributed by atoms with Gasteiger partial charge in [0.1, 0.15) is 5.75 Å². The number of carbonyl (C=O) groups is 1. The molecule has 0 saturated carbocycles. The normalized spacial score (nSPS) is 11.9. The number of hydrogen-bond donors (Lipinski definition) is 1. The van der Waals surface area contributed by atoms with Crippen molar-refractivity contribution in [2.45, 2.75) is 17.4 Å². The first kappa shape index (κ1) is 16.5. The molecule has 3 aromatic rings. The maximum Gasteiger partial charge on any atom is 0.277 e. The third-order valence-corrected chi connectivity index (χ3v) is 4.91. The van der Waals surface area contributed by atoms with Crippen LogP contribution < -0.4 is 10.1 Å². The molecule has 1 N–H and O–H groups in total. The van der Waals surface area contributed by atoms with Crippen LogP contribution in [0.5, 0.6) is 5.75 Å². The number of nitrogens with one attached hydrogen (secondary N) is 1. The summed E-state index contributed by atoms with van der Waals surface area (Å²) in [7, 11) is 1.58. The molecule has 0 bridgehead atoms. The highest BCUT2D eigenvalue weighted by atomic mass is 32.2. The molecule has 0 aliphatic heterocycles. The fourth-order valence-corrected chi connectivity index (χ4v) is 3.23. The molecule has 0 saturated heterocycles. The van der Waals surface area contributed by atoms with Gasteiger partial charge in [0.15, 0.2) is 0 Å². The lowest BCUT2D eigenvalue weighted by Crippen LogP contribution is -2.22. The van der Waals surface area contributed by atoms with Crippen LogP contribution in [0.4, 0.5) is 5.69 Å². The van der Waals surface area contributed by atoms with Gasteiger partial charge < -0.3 is 14.5 Å².